The highest BCUT2D eigenvalue weighted by Gasteiger charge is 2.26. The monoisotopic (exact) mass is 262 g/mol. The van der Waals surface area contributed by atoms with E-state index in [1.165, 1.54) is 17.1 Å². The minimum Gasteiger partial charge on any atom is -0.387 e. The number of hydrogen-bond donors (Lipinski definition) is 2. The molecule has 1 fully saturated rings. The molecule has 2 heterocycles. The third-order valence-electron chi connectivity index (χ3n) is 2.66. The van der Waals surface area contributed by atoms with Crippen LogP contribution in [0.5, 0.6) is 0 Å². The van der Waals surface area contributed by atoms with Crippen molar-refractivity contribution in [1.29, 1.82) is 0 Å². The van der Waals surface area contributed by atoms with E-state index in [1.807, 2.05) is 0 Å². The van der Waals surface area contributed by atoms with Crippen LogP contribution in [0.15, 0.2) is 17.2 Å². The normalized spacial score (nSPS) is 14.7. The van der Waals surface area contributed by atoms with Crippen LogP contribution in [0.3, 0.4) is 0 Å². The molecule has 3 N–H and O–H groups in total. The van der Waals surface area contributed by atoms with Crippen molar-refractivity contribution in [3.63, 3.8) is 0 Å². The predicted molar refractivity (Wildman–Crippen MR) is 67.6 cm³/mol. The van der Waals surface area contributed by atoms with Crippen molar-refractivity contribution in [3.8, 4) is 5.82 Å². The number of nitrogens with two attached hydrogens (primary N) is 1. The highest BCUT2D eigenvalue weighted by atomic mass is 32.1. The Kier molecular flexibility index (Phi) is 2.44. The van der Waals surface area contributed by atoms with Crippen LogP contribution in [0.4, 0.5) is 0 Å². The Morgan fingerprint density at radius 1 is 1.56 bits per heavy atom. The molecule has 2 aromatic rings. The van der Waals surface area contributed by atoms with Gasteiger partial charge >= 0.3 is 0 Å². The highest BCUT2D eigenvalue weighted by molar-refractivity contribution is 7.80. The number of nitrogens with zero attached hydrogens (tertiary/aromatic N) is 4. The van der Waals surface area contributed by atoms with Gasteiger partial charge in [-0.05, 0) is 12.8 Å². The van der Waals surface area contributed by atoms with Crippen LogP contribution in [0.2, 0.25) is 0 Å². The van der Waals surface area contributed by atoms with Gasteiger partial charge in [0.05, 0.1) is 0 Å². The van der Waals surface area contributed by atoms with E-state index in [0.29, 0.717) is 17.6 Å². The molecule has 0 spiro atoms. The first kappa shape index (κ1) is 11.0. The molecule has 7 nitrogen and oxygen atoms in total. The third kappa shape index (κ3) is 2.02. The molecule has 0 radical (unpaired) electrons. The Hall–Kier alpha value is -2.09. The molecule has 0 amide bonds. The van der Waals surface area contributed by atoms with Crippen LogP contribution in [0.1, 0.15) is 30.4 Å². The summed E-state index contributed by atoms with van der Waals surface area (Å²) in [6, 6.07) is 1.36. The van der Waals surface area contributed by atoms with Crippen LogP contribution in [-0.4, -0.2) is 29.7 Å². The van der Waals surface area contributed by atoms with Crippen LogP contribution >= 0.6 is 12.2 Å². The summed E-state index contributed by atoms with van der Waals surface area (Å²) in [5.74, 6) is 1.75. The summed E-state index contributed by atoms with van der Waals surface area (Å²) in [5, 5.41) is 4.07. The van der Waals surface area contributed by atoms with Crippen molar-refractivity contribution < 1.29 is 0 Å². The molecule has 0 aromatic carbocycles. The van der Waals surface area contributed by atoms with Crippen LogP contribution in [0, 0.1) is 0 Å². The molecule has 1 aliphatic rings. The number of H-pyrrole nitrogens is 1. The lowest BCUT2D eigenvalue weighted by Crippen LogP contribution is -2.15. The predicted octanol–water partition coefficient (Wildman–Crippen LogP) is -0.138. The number of thiocarbonyl (C=S) groups is 1. The molecule has 1 aliphatic carbocycles. The Bertz CT molecular complexity index is 671. The molecule has 8 heteroatoms. The van der Waals surface area contributed by atoms with E-state index in [9.17, 15) is 4.79 Å². The van der Waals surface area contributed by atoms with E-state index in [0.717, 1.165) is 12.8 Å². The van der Waals surface area contributed by atoms with E-state index in [4.69, 9.17) is 18.0 Å². The first-order chi connectivity index (χ1) is 8.63. The van der Waals surface area contributed by atoms with Gasteiger partial charge in [0.15, 0.2) is 5.82 Å². The zero-order chi connectivity index (χ0) is 12.7. The largest absolute Gasteiger partial charge is 0.387 e. The summed E-state index contributed by atoms with van der Waals surface area (Å²) in [4.78, 5) is 22.7. The Labute approximate surface area is 107 Å². The average molecular weight is 262 g/mol. The van der Waals surface area contributed by atoms with Gasteiger partial charge in [-0.15, -0.1) is 5.10 Å². The van der Waals surface area contributed by atoms with Gasteiger partial charge in [-0.1, -0.05) is 12.2 Å². The first-order valence-corrected chi connectivity index (χ1v) is 5.87. The average Bonchev–Trinajstić information content (AvgIpc) is 3.05. The van der Waals surface area contributed by atoms with Crippen molar-refractivity contribution in [3.05, 3.63) is 34.4 Å². The second-order valence-electron chi connectivity index (χ2n) is 4.14. The second kappa shape index (κ2) is 3.98. The van der Waals surface area contributed by atoms with Crippen molar-refractivity contribution in [1.82, 2.24) is 24.7 Å². The number of nitrogens with one attached hydrogen (secondary N) is 1. The molecule has 1 saturated carbocycles. The lowest BCUT2D eigenvalue weighted by molar-refractivity contribution is 0.799. The SMILES string of the molecule is NC(=S)c1ncn(-c2cc(=O)[nH]c(C3CC3)n2)n1. The second-order valence-corrected chi connectivity index (χ2v) is 4.58. The topological polar surface area (TPSA) is 102 Å². The number of rotatable bonds is 3. The van der Waals surface area contributed by atoms with E-state index in [-0.39, 0.29) is 16.4 Å². The highest BCUT2D eigenvalue weighted by Crippen LogP contribution is 2.37. The van der Waals surface area contributed by atoms with Crippen LogP contribution in [-0.2, 0) is 0 Å². The first-order valence-electron chi connectivity index (χ1n) is 5.46. The van der Waals surface area contributed by atoms with Crippen LogP contribution < -0.4 is 11.3 Å². The maximum atomic E-state index is 11.5. The van der Waals surface area contributed by atoms with E-state index in [1.54, 1.807) is 0 Å². The van der Waals surface area contributed by atoms with E-state index < -0.39 is 0 Å². The van der Waals surface area contributed by atoms with Gasteiger partial charge in [0.1, 0.15) is 17.1 Å². The van der Waals surface area contributed by atoms with Gasteiger partial charge in [0, 0.05) is 12.0 Å². The van der Waals surface area contributed by atoms with Crippen molar-refractivity contribution >= 4 is 17.2 Å². The van der Waals surface area contributed by atoms with Gasteiger partial charge in [-0.25, -0.2) is 14.6 Å². The molecule has 18 heavy (non-hydrogen) atoms. The van der Waals surface area contributed by atoms with Gasteiger partial charge in [-0.3, -0.25) is 4.79 Å². The smallest absolute Gasteiger partial charge is 0.253 e. The molecule has 0 bridgehead atoms. The lowest BCUT2D eigenvalue weighted by Gasteiger charge is -2.01. The number of aromatic amines is 1. The maximum Gasteiger partial charge on any atom is 0.253 e. The van der Waals surface area contributed by atoms with Crippen molar-refractivity contribution in [2.24, 2.45) is 5.73 Å². The standard InChI is InChI=1S/C10H10N6OS/c11-8(18)10-12-4-16(15-10)6-3-7(17)14-9(13-6)5-1-2-5/h3-5H,1-2H2,(H2,11,18)(H,13,14,17). The quantitative estimate of drug-likeness (QED) is 0.746. The zero-order valence-corrected chi connectivity index (χ0v) is 10.1. The van der Waals surface area contributed by atoms with Gasteiger partial charge in [-0.2, -0.15) is 0 Å². The Morgan fingerprint density at radius 3 is 2.94 bits per heavy atom. The van der Waals surface area contributed by atoms with E-state index >= 15 is 0 Å². The van der Waals surface area contributed by atoms with Gasteiger partial charge in [0.25, 0.3) is 5.56 Å². The third-order valence-corrected chi connectivity index (χ3v) is 2.84. The molecule has 0 saturated heterocycles. The van der Waals surface area contributed by atoms with E-state index in [2.05, 4.69) is 20.1 Å². The lowest BCUT2D eigenvalue weighted by atomic mass is 10.4. The molecule has 0 unspecified atom stereocenters. The Morgan fingerprint density at radius 2 is 2.33 bits per heavy atom. The summed E-state index contributed by atoms with van der Waals surface area (Å²) in [7, 11) is 0. The Balaban J connectivity index is 2.04. The van der Waals surface area contributed by atoms with Gasteiger partial charge in [0.2, 0.25) is 5.82 Å². The minimum absolute atomic E-state index is 0.112. The van der Waals surface area contributed by atoms with Crippen LogP contribution in [0.25, 0.3) is 5.82 Å². The van der Waals surface area contributed by atoms with Gasteiger partial charge < -0.3 is 10.7 Å². The molecule has 0 aliphatic heterocycles. The number of hydrogen-bond acceptors (Lipinski definition) is 5. The molecule has 2 aromatic heterocycles. The minimum atomic E-state index is -0.200. The fourth-order valence-corrected chi connectivity index (χ4v) is 1.71. The molecule has 3 rings (SSSR count). The van der Waals surface area contributed by atoms with Crippen molar-refractivity contribution in [2.45, 2.75) is 18.8 Å². The summed E-state index contributed by atoms with van der Waals surface area (Å²) in [6.45, 7) is 0. The number of aromatic nitrogens is 5. The van der Waals surface area contributed by atoms with Crippen molar-refractivity contribution in [2.75, 3.05) is 0 Å². The molecule has 92 valence electrons. The molecule has 0 atom stereocenters. The summed E-state index contributed by atoms with van der Waals surface area (Å²) < 4.78 is 1.40. The summed E-state index contributed by atoms with van der Waals surface area (Å²) in [6.07, 6.45) is 3.55. The fraction of sp³-hybridized carbons (Fsp3) is 0.300. The molecular formula is C10H10N6OS. The summed E-state index contributed by atoms with van der Waals surface area (Å²) >= 11 is 4.78. The fourth-order valence-electron chi connectivity index (χ4n) is 1.62. The maximum absolute atomic E-state index is 11.5. The summed E-state index contributed by atoms with van der Waals surface area (Å²) in [5.41, 5.74) is 5.23. The molecular weight excluding hydrogens is 252 g/mol. The zero-order valence-electron chi connectivity index (χ0n) is 9.33.